The van der Waals surface area contributed by atoms with Gasteiger partial charge < -0.3 is 15.4 Å². The Morgan fingerprint density at radius 1 is 1.12 bits per heavy atom. The fourth-order valence-electron chi connectivity index (χ4n) is 2.27. The molecule has 2 N–H and O–H groups in total. The summed E-state index contributed by atoms with van der Waals surface area (Å²) in [5.74, 6) is 0.843. The van der Waals surface area contributed by atoms with Crippen molar-refractivity contribution < 1.29 is 9.53 Å². The molecular weight excluding hydrogens is 460 g/mol. The minimum atomic E-state index is -0.0377. The monoisotopic (exact) mass is 482 g/mol. The van der Waals surface area contributed by atoms with Crippen molar-refractivity contribution in [2.45, 2.75) is 33.7 Å². The van der Waals surface area contributed by atoms with Crippen molar-refractivity contribution in [1.82, 2.24) is 0 Å². The van der Waals surface area contributed by atoms with E-state index in [-0.39, 0.29) is 11.8 Å². The van der Waals surface area contributed by atoms with Crippen LogP contribution in [0.5, 0.6) is 5.75 Å². The number of anilines is 2. The second-order valence-corrected chi connectivity index (χ2v) is 8.07. The number of halogens is 2. The first-order chi connectivity index (χ1) is 12.4. The van der Waals surface area contributed by atoms with E-state index in [2.05, 4.69) is 55.5 Å². The first-order valence-electron chi connectivity index (χ1n) is 8.66. The predicted octanol–water partition coefficient (Wildman–Crippen LogP) is 6.21. The summed E-state index contributed by atoms with van der Waals surface area (Å²) in [6.45, 7) is 7.15. The van der Waals surface area contributed by atoms with Crippen LogP contribution >= 0.6 is 31.9 Å². The highest BCUT2D eigenvalue weighted by Crippen LogP contribution is 2.33. The molecule has 0 fully saturated rings. The second kappa shape index (κ2) is 9.97. The maximum absolute atomic E-state index is 11.7. The Bertz CT molecular complexity index is 746. The van der Waals surface area contributed by atoms with Crippen LogP contribution in [-0.4, -0.2) is 12.5 Å². The molecular formula is C20H24Br2N2O2. The SMILES string of the molecule is CCCOc1c(Br)cc(Br)cc1CNc1ccc(NC(=O)C(C)C)cc1. The molecule has 1 amide bonds. The van der Waals surface area contributed by atoms with Crippen LogP contribution < -0.4 is 15.4 Å². The molecule has 2 aromatic carbocycles. The van der Waals surface area contributed by atoms with Gasteiger partial charge in [0.2, 0.25) is 5.91 Å². The fourth-order valence-corrected chi connectivity index (χ4v) is 3.69. The summed E-state index contributed by atoms with van der Waals surface area (Å²) in [7, 11) is 0. The topological polar surface area (TPSA) is 50.4 Å². The van der Waals surface area contributed by atoms with Crippen molar-refractivity contribution in [2.24, 2.45) is 5.92 Å². The smallest absolute Gasteiger partial charge is 0.226 e. The van der Waals surface area contributed by atoms with E-state index in [1.165, 1.54) is 0 Å². The summed E-state index contributed by atoms with van der Waals surface area (Å²) in [4.78, 5) is 11.7. The lowest BCUT2D eigenvalue weighted by atomic mass is 10.2. The summed E-state index contributed by atoms with van der Waals surface area (Å²) in [5.41, 5.74) is 2.84. The molecule has 0 heterocycles. The Kier molecular flexibility index (Phi) is 7.97. The molecule has 0 unspecified atom stereocenters. The zero-order valence-corrected chi connectivity index (χ0v) is 18.4. The maximum Gasteiger partial charge on any atom is 0.226 e. The van der Waals surface area contributed by atoms with Crippen LogP contribution in [0.15, 0.2) is 45.3 Å². The van der Waals surface area contributed by atoms with Crippen molar-refractivity contribution >= 4 is 49.1 Å². The highest BCUT2D eigenvalue weighted by Gasteiger charge is 2.11. The minimum Gasteiger partial charge on any atom is -0.492 e. The first-order valence-corrected chi connectivity index (χ1v) is 10.2. The van der Waals surface area contributed by atoms with Crippen molar-refractivity contribution in [3.8, 4) is 5.75 Å². The Morgan fingerprint density at radius 2 is 1.77 bits per heavy atom. The van der Waals surface area contributed by atoms with Gasteiger partial charge in [-0.25, -0.2) is 0 Å². The molecule has 0 aliphatic rings. The van der Waals surface area contributed by atoms with E-state index in [0.717, 1.165) is 38.1 Å². The van der Waals surface area contributed by atoms with Crippen LogP contribution in [0.25, 0.3) is 0 Å². The number of carbonyl (C=O) groups is 1. The molecule has 0 bridgehead atoms. The Morgan fingerprint density at radius 3 is 2.38 bits per heavy atom. The molecule has 0 radical (unpaired) electrons. The van der Waals surface area contributed by atoms with Crippen LogP contribution in [-0.2, 0) is 11.3 Å². The third-order valence-electron chi connectivity index (χ3n) is 3.70. The van der Waals surface area contributed by atoms with Gasteiger partial charge in [-0.15, -0.1) is 0 Å². The minimum absolute atomic E-state index is 0.0161. The largest absolute Gasteiger partial charge is 0.492 e. The molecule has 4 nitrogen and oxygen atoms in total. The molecule has 26 heavy (non-hydrogen) atoms. The number of nitrogens with one attached hydrogen (secondary N) is 2. The summed E-state index contributed by atoms with van der Waals surface area (Å²) in [6, 6.07) is 11.7. The lowest BCUT2D eigenvalue weighted by Crippen LogP contribution is -2.17. The van der Waals surface area contributed by atoms with Gasteiger partial charge in [-0.05, 0) is 58.7 Å². The lowest BCUT2D eigenvalue weighted by molar-refractivity contribution is -0.118. The average molecular weight is 484 g/mol. The Balaban J connectivity index is 2.05. The van der Waals surface area contributed by atoms with E-state index in [0.29, 0.717) is 13.2 Å². The van der Waals surface area contributed by atoms with Crippen LogP contribution in [0.3, 0.4) is 0 Å². The van der Waals surface area contributed by atoms with E-state index in [9.17, 15) is 4.79 Å². The maximum atomic E-state index is 11.7. The van der Waals surface area contributed by atoms with E-state index in [4.69, 9.17) is 4.74 Å². The Labute approximate surface area is 172 Å². The van der Waals surface area contributed by atoms with E-state index < -0.39 is 0 Å². The van der Waals surface area contributed by atoms with Gasteiger partial charge in [0.15, 0.2) is 0 Å². The van der Waals surface area contributed by atoms with Crippen LogP contribution in [0, 0.1) is 5.92 Å². The molecule has 6 heteroatoms. The number of benzene rings is 2. The number of hydrogen-bond donors (Lipinski definition) is 2. The Hall–Kier alpha value is -1.53. The molecule has 0 aliphatic heterocycles. The lowest BCUT2D eigenvalue weighted by Gasteiger charge is -2.15. The molecule has 0 aliphatic carbocycles. The summed E-state index contributed by atoms with van der Waals surface area (Å²) < 4.78 is 7.82. The molecule has 140 valence electrons. The van der Waals surface area contributed by atoms with Gasteiger partial charge in [0.05, 0.1) is 11.1 Å². The van der Waals surface area contributed by atoms with Crippen molar-refractivity contribution in [2.75, 3.05) is 17.2 Å². The zero-order chi connectivity index (χ0) is 19.1. The van der Waals surface area contributed by atoms with Crippen molar-refractivity contribution in [1.29, 1.82) is 0 Å². The standard InChI is InChI=1S/C20H24Br2N2O2/c1-4-9-26-19-14(10-15(21)11-18(19)22)12-23-16-5-7-17(8-6-16)24-20(25)13(2)3/h5-8,10-11,13,23H,4,9,12H2,1-3H3,(H,24,25). The molecule has 0 spiro atoms. The van der Waals surface area contributed by atoms with E-state index in [1.807, 2.05) is 44.2 Å². The molecule has 0 saturated carbocycles. The first kappa shape index (κ1) is 20.8. The van der Waals surface area contributed by atoms with E-state index >= 15 is 0 Å². The predicted molar refractivity (Wildman–Crippen MR) is 115 cm³/mol. The molecule has 0 aromatic heterocycles. The molecule has 2 rings (SSSR count). The van der Waals surface area contributed by atoms with Gasteiger partial charge in [-0.2, -0.15) is 0 Å². The third kappa shape index (κ3) is 6.02. The van der Waals surface area contributed by atoms with Gasteiger partial charge in [0, 0.05) is 33.9 Å². The average Bonchev–Trinajstić information content (AvgIpc) is 2.60. The van der Waals surface area contributed by atoms with Crippen LogP contribution in [0.4, 0.5) is 11.4 Å². The van der Waals surface area contributed by atoms with Gasteiger partial charge in [0.1, 0.15) is 5.75 Å². The van der Waals surface area contributed by atoms with Crippen LogP contribution in [0.2, 0.25) is 0 Å². The third-order valence-corrected chi connectivity index (χ3v) is 4.74. The number of rotatable bonds is 8. The van der Waals surface area contributed by atoms with E-state index in [1.54, 1.807) is 0 Å². The summed E-state index contributed by atoms with van der Waals surface area (Å²) >= 11 is 7.11. The summed E-state index contributed by atoms with van der Waals surface area (Å²) in [6.07, 6.45) is 0.957. The quantitative estimate of drug-likeness (QED) is 0.469. The molecule has 0 atom stereocenters. The van der Waals surface area contributed by atoms with Gasteiger partial charge in [-0.3, -0.25) is 4.79 Å². The highest BCUT2D eigenvalue weighted by molar-refractivity contribution is 9.11. The zero-order valence-electron chi connectivity index (χ0n) is 15.2. The van der Waals surface area contributed by atoms with Gasteiger partial charge in [0.25, 0.3) is 0 Å². The summed E-state index contributed by atoms with van der Waals surface area (Å²) in [5, 5.41) is 6.29. The number of hydrogen-bond acceptors (Lipinski definition) is 3. The molecule has 0 saturated heterocycles. The molecule has 2 aromatic rings. The number of carbonyl (C=O) groups excluding carboxylic acids is 1. The van der Waals surface area contributed by atoms with Gasteiger partial charge >= 0.3 is 0 Å². The van der Waals surface area contributed by atoms with Crippen molar-refractivity contribution in [3.05, 3.63) is 50.9 Å². The normalized spacial score (nSPS) is 10.7. The second-order valence-electron chi connectivity index (χ2n) is 6.30. The van der Waals surface area contributed by atoms with Crippen LogP contribution in [0.1, 0.15) is 32.8 Å². The number of ether oxygens (including phenoxy) is 1. The highest BCUT2D eigenvalue weighted by atomic mass is 79.9. The van der Waals surface area contributed by atoms with Gasteiger partial charge in [-0.1, -0.05) is 36.7 Å². The van der Waals surface area contributed by atoms with Crippen molar-refractivity contribution in [3.63, 3.8) is 0 Å². The number of amides is 1. The fraction of sp³-hybridized carbons (Fsp3) is 0.350.